The summed E-state index contributed by atoms with van der Waals surface area (Å²) in [4.78, 5) is 12.8. The number of benzene rings is 2. The Morgan fingerprint density at radius 2 is 1.59 bits per heavy atom. The van der Waals surface area contributed by atoms with Crippen molar-refractivity contribution in [1.29, 1.82) is 0 Å². The molecular formula is C32H42F5NO4S2. The lowest BCUT2D eigenvalue weighted by molar-refractivity contribution is -0.284. The summed E-state index contributed by atoms with van der Waals surface area (Å²) in [7, 11) is -1.39. The minimum Gasteiger partial charge on any atom is -0.508 e. The summed E-state index contributed by atoms with van der Waals surface area (Å²) >= 11 is 1.73. The number of ether oxygens (including phenoxy) is 1. The number of nitrogens with two attached hydrogens (primary N) is 1. The number of unbranched alkanes of at least 4 members (excludes halogenated alkanes) is 6. The molecule has 1 heterocycles. The fraction of sp³-hybridized carbons (Fsp3) is 0.594. The number of carbonyl (C=O) groups excluding carboxylic acids is 1. The Hall–Kier alpha value is -2.18. The first-order valence-electron chi connectivity index (χ1n) is 15.0. The van der Waals surface area contributed by atoms with E-state index in [0.717, 1.165) is 61.2 Å². The molecule has 0 aromatic heterocycles. The second kappa shape index (κ2) is 16.4. The van der Waals surface area contributed by atoms with Crippen LogP contribution in [0.3, 0.4) is 0 Å². The van der Waals surface area contributed by atoms with Gasteiger partial charge in [-0.25, -0.2) is 0 Å². The number of thioether (sulfide) groups is 1. The average Bonchev–Trinajstić information content (AvgIpc) is 2.96. The molecule has 44 heavy (non-hydrogen) atoms. The van der Waals surface area contributed by atoms with E-state index < -0.39 is 41.7 Å². The van der Waals surface area contributed by atoms with Crippen molar-refractivity contribution in [3.05, 3.63) is 53.6 Å². The monoisotopic (exact) mass is 663 g/mol. The van der Waals surface area contributed by atoms with Crippen LogP contribution in [0.2, 0.25) is 0 Å². The molecule has 0 aliphatic carbocycles. The topological polar surface area (TPSA) is 89.6 Å². The maximum atomic E-state index is 13.0. The number of aromatic hydroxyl groups is 1. The Labute approximate surface area is 263 Å². The first-order valence-corrected chi connectivity index (χ1v) is 17.5. The van der Waals surface area contributed by atoms with E-state index in [9.17, 15) is 36.1 Å². The van der Waals surface area contributed by atoms with Crippen LogP contribution in [-0.2, 0) is 21.0 Å². The normalized spacial score (nSPS) is 19.4. The second-order valence-electron chi connectivity index (χ2n) is 11.6. The predicted octanol–water partition coefficient (Wildman–Crippen LogP) is 8.25. The van der Waals surface area contributed by atoms with E-state index in [1.165, 1.54) is 5.56 Å². The number of esters is 1. The molecule has 0 saturated carbocycles. The predicted molar refractivity (Wildman–Crippen MR) is 165 cm³/mol. The maximum absolute atomic E-state index is 13.0. The number of phenolic OH excluding ortho intramolecular Hbond substituents is 1. The van der Waals surface area contributed by atoms with Gasteiger partial charge in [0.2, 0.25) is 0 Å². The van der Waals surface area contributed by atoms with E-state index in [-0.39, 0.29) is 29.4 Å². The molecular weight excluding hydrogens is 621 g/mol. The SMILES string of the molecule is CC1(c2ccc(O)cc2)CSc2cc(OC(=O)CN)ccc2C1CCCCCCCCCS(=O)CCCC(F)(F)C(F)(F)F. The van der Waals surface area contributed by atoms with Crippen molar-refractivity contribution in [1.82, 2.24) is 0 Å². The molecule has 1 aliphatic rings. The molecule has 3 N–H and O–H groups in total. The zero-order valence-electron chi connectivity index (χ0n) is 25.0. The van der Waals surface area contributed by atoms with Crippen LogP contribution in [-0.4, -0.2) is 51.2 Å². The molecule has 0 fully saturated rings. The van der Waals surface area contributed by atoms with Crippen LogP contribution >= 0.6 is 11.8 Å². The van der Waals surface area contributed by atoms with Gasteiger partial charge in [0.25, 0.3) is 0 Å². The fourth-order valence-corrected chi connectivity index (χ4v) is 8.23. The molecule has 5 nitrogen and oxygen atoms in total. The summed E-state index contributed by atoms with van der Waals surface area (Å²) in [5.74, 6) is -3.30. The van der Waals surface area contributed by atoms with E-state index in [0.29, 0.717) is 17.9 Å². The van der Waals surface area contributed by atoms with Crippen LogP contribution in [0.15, 0.2) is 47.4 Å². The van der Waals surface area contributed by atoms with E-state index in [1.807, 2.05) is 30.3 Å². The van der Waals surface area contributed by atoms with Gasteiger partial charge in [0, 0.05) is 44.8 Å². The van der Waals surface area contributed by atoms with Crippen LogP contribution in [0.4, 0.5) is 22.0 Å². The van der Waals surface area contributed by atoms with Crippen molar-refractivity contribution in [3.63, 3.8) is 0 Å². The lowest BCUT2D eigenvalue weighted by Gasteiger charge is -2.43. The van der Waals surface area contributed by atoms with Crippen LogP contribution in [0.5, 0.6) is 11.5 Å². The third kappa shape index (κ3) is 10.2. The molecule has 3 unspecified atom stereocenters. The molecule has 3 atom stereocenters. The van der Waals surface area contributed by atoms with Crippen LogP contribution < -0.4 is 10.5 Å². The van der Waals surface area contributed by atoms with Crippen molar-refractivity contribution in [2.24, 2.45) is 5.73 Å². The third-order valence-corrected chi connectivity index (χ3v) is 11.1. The van der Waals surface area contributed by atoms with Crippen molar-refractivity contribution in [2.45, 2.75) is 99.5 Å². The lowest BCUT2D eigenvalue weighted by Crippen LogP contribution is -2.36. The molecule has 246 valence electrons. The highest BCUT2D eigenvalue weighted by Gasteiger charge is 2.56. The zero-order chi connectivity index (χ0) is 32.4. The summed E-state index contributed by atoms with van der Waals surface area (Å²) < 4.78 is 80.0. The molecule has 0 amide bonds. The molecule has 0 saturated heterocycles. The fourth-order valence-electron chi connectivity index (χ4n) is 5.63. The van der Waals surface area contributed by atoms with Gasteiger partial charge in [0.15, 0.2) is 0 Å². The van der Waals surface area contributed by atoms with E-state index in [4.69, 9.17) is 10.5 Å². The largest absolute Gasteiger partial charge is 0.508 e. The summed E-state index contributed by atoms with van der Waals surface area (Å²) in [5, 5.41) is 9.85. The molecule has 2 aromatic rings. The van der Waals surface area contributed by atoms with Gasteiger partial charge in [0.1, 0.15) is 11.5 Å². The minimum absolute atomic E-state index is 0.141. The van der Waals surface area contributed by atoms with E-state index >= 15 is 0 Å². The van der Waals surface area contributed by atoms with Crippen LogP contribution in [0.1, 0.15) is 88.2 Å². The average molecular weight is 664 g/mol. The summed E-state index contributed by atoms with van der Waals surface area (Å²) in [6.07, 6.45) is 0.189. The first kappa shape index (κ1) is 36.3. The highest BCUT2D eigenvalue weighted by atomic mass is 32.2. The highest BCUT2D eigenvalue weighted by Crippen LogP contribution is 2.52. The quantitative estimate of drug-likeness (QED) is 0.0767. The lowest BCUT2D eigenvalue weighted by atomic mass is 9.68. The van der Waals surface area contributed by atoms with Crippen LogP contribution in [0.25, 0.3) is 0 Å². The molecule has 2 aromatic carbocycles. The maximum Gasteiger partial charge on any atom is 0.453 e. The van der Waals surface area contributed by atoms with Gasteiger partial charge in [-0.15, -0.1) is 11.8 Å². The summed E-state index contributed by atoms with van der Waals surface area (Å²) in [6, 6.07) is 13.2. The number of fused-ring (bicyclic) bond motifs is 1. The Morgan fingerprint density at radius 3 is 2.23 bits per heavy atom. The van der Waals surface area contributed by atoms with Crippen molar-refractivity contribution >= 4 is 28.5 Å². The van der Waals surface area contributed by atoms with Gasteiger partial charge in [-0.05, 0) is 60.6 Å². The number of halogens is 5. The number of hydrogen-bond acceptors (Lipinski definition) is 6. The highest BCUT2D eigenvalue weighted by molar-refractivity contribution is 7.99. The molecule has 1 aliphatic heterocycles. The van der Waals surface area contributed by atoms with Gasteiger partial charge in [-0.1, -0.05) is 63.6 Å². The molecule has 12 heteroatoms. The summed E-state index contributed by atoms with van der Waals surface area (Å²) in [5.41, 5.74) is 7.59. The van der Waals surface area contributed by atoms with Gasteiger partial charge < -0.3 is 15.6 Å². The zero-order valence-corrected chi connectivity index (χ0v) is 26.6. The Balaban J connectivity index is 1.45. The number of carbonyl (C=O) groups is 1. The van der Waals surface area contributed by atoms with Crippen LogP contribution in [0, 0.1) is 0 Å². The van der Waals surface area contributed by atoms with E-state index in [1.54, 1.807) is 23.9 Å². The number of alkyl halides is 5. The van der Waals surface area contributed by atoms with Gasteiger partial charge in [-0.2, -0.15) is 22.0 Å². The van der Waals surface area contributed by atoms with E-state index in [2.05, 4.69) is 6.92 Å². The van der Waals surface area contributed by atoms with Gasteiger partial charge >= 0.3 is 18.1 Å². The minimum atomic E-state index is -5.56. The Kier molecular flexibility index (Phi) is 13.5. The van der Waals surface area contributed by atoms with Crippen molar-refractivity contribution in [3.8, 4) is 11.5 Å². The number of hydrogen-bond donors (Lipinski definition) is 2. The van der Waals surface area contributed by atoms with Gasteiger partial charge in [0.05, 0.1) is 6.54 Å². The van der Waals surface area contributed by atoms with Crippen molar-refractivity contribution in [2.75, 3.05) is 23.8 Å². The number of rotatable bonds is 17. The molecule has 0 spiro atoms. The Bertz CT molecular complexity index is 1240. The summed E-state index contributed by atoms with van der Waals surface area (Å²) in [6.45, 7) is 2.07. The van der Waals surface area contributed by atoms with Gasteiger partial charge in [-0.3, -0.25) is 9.00 Å². The third-order valence-electron chi connectivity index (χ3n) is 8.22. The second-order valence-corrected chi connectivity index (χ2v) is 14.3. The molecule has 3 rings (SSSR count). The van der Waals surface area contributed by atoms with Crippen molar-refractivity contribution < 1.29 is 40.8 Å². The standard InChI is InChI=1S/C32H42F5NO4S2/c1-30(23-11-13-24(39)14-12-23)22-43-28-20-25(42-29(40)21-38)15-16-26(28)27(30)10-7-5-3-2-4-6-8-18-44(41)19-9-17-31(33,34)32(35,36)37/h11-16,20,27,39H,2-10,17-19,21-22,38H2,1H3. The molecule has 0 bridgehead atoms. The Morgan fingerprint density at radius 1 is 0.977 bits per heavy atom. The first-order chi connectivity index (χ1) is 20.8. The number of phenols is 1. The molecule has 0 radical (unpaired) electrons. The smallest absolute Gasteiger partial charge is 0.453 e.